The number of carbonyl (C=O) groups is 1. The zero-order valence-corrected chi connectivity index (χ0v) is 22.7. The third kappa shape index (κ3) is 6.78. The van der Waals surface area contributed by atoms with Crippen LogP contribution in [0.2, 0.25) is 0 Å². The van der Waals surface area contributed by atoms with Gasteiger partial charge in [-0.3, -0.25) is 0 Å². The number of esters is 1. The minimum absolute atomic E-state index is 0.0653. The van der Waals surface area contributed by atoms with Crippen molar-refractivity contribution in [3.05, 3.63) is 47.5 Å². The molecule has 0 aromatic heterocycles. The van der Waals surface area contributed by atoms with Crippen LogP contribution in [0.25, 0.3) is 0 Å². The number of aromatic hydroxyl groups is 1. The highest BCUT2D eigenvalue weighted by Crippen LogP contribution is 2.39. The lowest BCUT2D eigenvalue weighted by atomic mass is 9.99. The Morgan fingerprint density at radius 1 is 0.744 bits per heavy atom. The van der Waals surface area contributed by atoms with Gasteiger partial charge >= 0.3 is 5.97 Å². The highest BCUT2D eigenvalue weighted by atomic mass is 16.7. The van der Waals surface area contributed by atoms with Crippen LogP contribution in [0.15, 0.2) is 36.4 Å². The largest absolute Gasteiger partial charge is 0.507 e. The van der Waals surface area contributed by atoms with E-state index in [1.807, 2.05) is 0 Å². The molecule has 16 nitrogen and oxygen atoms in total. The Labute approximate surface area is 244 Å². The highest BCUT2D eigenvalue weighted by Gasteiger charge is 2.46. The van der Waals surface area contributed by atoms with Gasteiger partial charge in [-0.15, -0.1) is 0 Å². The van der Waals surface area contributed by atoms with E-state index in [4.69, 9.17) is 28.4 Å². The quantitative estimate of drug-likeness (QED) is 0.122. The van der Waals surface area contributed by atoms with Gasteiger partial charge in [0.1, 0.15) is 72.5 Å². The molecule has 2 aromatic carbocycles. The van der Waals surface area contributed by atoms with E-state index in [1.165, 1.54) is 18.2 Å². The van der Waals surface area contributed by atoms with Gasteiger partial charge in [-0.2, -0.15) is 0 Å². The summed E-state index contributed by atoms with van der Waals surface area (Å²) in [4.78, 5) is 13.1. The minimum Gasteiger partial charge on any atom is -0.507 e. The molecule has 238 valence electrons. The number of rotatable bonds is 10. The molecule has 2 aliphatic heterocycles. The first-order valence-corrected chi connectivity index (χ1v) is 13.1. The molecule has 2 heterocycles. The van der Waals surface area contributed by atoms with Crippen molar-refractivity contribution in [1.29, 1.82) is 0 Å². The van der Waals surface area contributed by atoms with Crippen molar-refractivity contribution in [2.75, 3.05) is 20.3 Å². The minimum atomic E-state index is -1.76. The Hall–Kier alpha value is -3.29. The maximum Gasteiger partial charge on any atom is 0.346 e. The van der Waals surface area contributed by atoms with E-state index in [2.05, 4.69) is 0 Å². The molecule has 2 fully saturated rings. The average molecular weight is 615 g/mol. The molecule has 0 radical (unpaired) electrons. The number of hydrogen-bond donors (Lipinski definition) is 9. The molecule has 2 aromatic rings. The predicted octanol–water partition coefficient (Wildman–Crippen LogP) is -2.88. The fourth-order valence-electron chi connectivity index (χ4n) is 4.58. The maximum absolute atomic E-state index is 13.1. The monoisotopic (exact) mass is 614 g/mol. The van der Waals surface area contributed by atoms with Crippen LogP contribution in [-0.2, 0) is 20.8 Å². The fourth-order valence-corrected chi connectivity index (χ4v) is 4.58. The molecular formula is C27H34O16. The number of aliphatic hydroxyl groups excluding tert-OH is 8. The van der Waals surface area contributed by atoms with Crippen LogP contribution in [-0.4, -0.2) is 134 Å². The summed E-state index contributed by atoms with van der Waals surface area (Å²) in [6.45, 7) is -1.79. The molecule has 0 spiro atoms. The molecule has 0 aliphatic carbocycles. The smallest absolute Gasteiger partial charge is 0.346 e. The number of ether oxygens (including phenoxy) is 6. The number of aliphatic hydroxyl groups is 8. The molecule has 0 amide bonds. The molecule has 16 heteroatoms. The van der Waals surface area contributed by atoms with Gasteiger partial charge in [0.15, 0.2) is 11.5 Å². The van der Waals surface area contributed by atoms with E-state index in [1.54, 1.807) is 12.1 Å². The number of phenols is 1. The fraction of sp³-hybridized carbons (Fsp3) is 0.519. The summed E-state index contributed by atoms with van der Waals surface area (Å²) in [5, 5.41) is 90.0. The number of benzene rings is 2. The molecule has 43 heavy (non-hydrogen) atoms. The van der Waals surface area contributed by atoms with Gasteiger partial charge in [-0.1, -0.05) is 18.2 Å². The highest BCUT2D eigenvalue weighted by molar-refractivity contribution is 5.96. The van der Waals surface area contributed by atoms with Crippen molar-refractivity contribution in [3.63, 3.8) is 0 Å². The van der Waals surface area contributed by atoms with Crippen molar-refractivity contribution in [3.8, 4) is 23.0 Å². The Bertz CT molecular complexity index is 1240. The van der Waals surface area contributed by atoms with Crippen LogP contribution in [0.4, 0.5) is 0 Å². The Morgan fingerprint density at radius 3 is 1.81 bits per heavy atom. The maximum atomic E-state index is 13.1. The van der Waals surface area contributed by atoms with Crippen molar-refractivity contribution in [1.82, 2.24) is 0 Å². The van der Waals surface area contributed by atoms with Crippen molar-refractivity contribution < 1.29 is 79.2 Å². The van der Waals surface area contributed by atoms with Crippen LogP contribution >= 0.6 is 0 Å². The number of methoxy groups -OCH3 is 1. The zero-order valence-electron chi connectivity index (χ0n) is 22.7. The molecule has 0 saturated carbocycles. The van der Waals surface area contributed by atoms with Crippen LogP contribution in [0.5, 0.6) is 23.0 Å². The van der Waals surface area contributed by atoms with E-state index >= 15 is 0 Å². The molecule has 0 unspecified atom stereocenters. The molecule has 0 bridgehead atoms. The standard InChI is InChI=1S/C27H34O16/c1-38-24-14(41-27-23(36)21(34)19(32)16(9-29)43-27)7-6-12(30)17(24)25(37)39-10-11-4-2-3-5-13(11)40-26-22(35)20(33)18(31)15(8-28)42-26/h2-7,15-16,18-23,26-36H,8-10H2,1H3/t15-,16+,18-,19-,20+,21-,22-,23+,26-,27-/m1/s1. The third-order valence-corrected chi connectivity index (χ3v) is 7.02. The Balaban J connectivity index is 1.50. The second kappa shape index (κ2) is 14.0. The summed E-state index contributed by atoms with van der Waals surface area (Å²) < 4.78 is 32.6. The first-order valence-electron chi connectivity index (χ1n) is 13.1. The van der Waals surface area contributed by atoms with Crippen molar-refractivity contribution >= 4 is 5.97 Å². The first-order chi connectivity index (χ1) is 20.5. The first kappa shape index (κ1) is 32.6. The molecule has 2 aliphatic rings. The predicted molar refractivity (Wildman–Crippen MR) is 139 cm³/mol. The van der Waals surface area contributed by atoms with Gasteiger partial charge in [0.05, 0.1) is 20.3 Å². The van der Waals surface area contributed by atoms with E-state index in [0.717, 1.165) is 13.2 Å². The molecular weight excluding hydrogens is 580 g/mol. The van der Waals surface area contributed by atoms with Gasteiger partial charge < -0.3 is 74.4 Å². The van der Waals surface area contributed by atoms with Crippen LogP contribution < -0.4 is 14.2 Å². The Morgan fingerprint density at radius 2 is 1.28 bits per heavy atom. The van der Waals surface area contributed by atoms with Gasteiger partial charge in [-0.25, -0.2) is 4.79 Å². The van der Waals surface area contributed by atoms with Crippen molar-refractivity contribution in [2.45, 2.75) is 68.0 Å². The number of phenolic OH excluding ortho intramolecular Hbond substituents is 1. The summed E-state index contributed by atoms with van der Waals surface area (Å²) >= 11 is 0. The number of carbonyl (C=O) groups excluding carboxylic acids is 1. The third-order valence-electron chi connectivity index (χ3n) is 7.02. The zero-order chi connectivity index (χ0) is 31.4. The van der Waals surface area contributed by atoms with Crippen molar-refractivity contribution in [2.24, 2.45) is 0 Å². The average Bonchev–Trinajstić information content (AvgIpc) is 3.01. The topological polar surface area (TPSA) is 255 Å². The lowest BCUT2D eigenvalue weighted by molar-refractivity contribution is -0.277. The van der Waals surface area contributed by atoms with Gasteiger partial charge in [0.2, 0.25) is 12.6 Å². The van der Waals surface area contributed by atoms with Crippen LogP contribution in [0.1, 0.15) is 15.9 Å². The van der Waals surface area contributed by atoms with Gasteiger partial charge in [-0.05, 0) is 18.2 Å². The summed E-state index contributed by atoms with van der Waals surface area (Å²) in [5.41, 5.74) is -0.211. The Kier molecular flexibility index (Phi) is 10.6. The number of para-hydroxylation sites is 1. The molecule has 10 atom stereocenters. The summed E-state index contributed by atoms with van der Waals surface area (Å²) in [6.07, 6.45) is -15.6. The summed E-state index contributed by atoms with van der Waals surface area (Å²) in [6, 6.07) is 8.40. The van der Waals surface area contributed by atoms with E-state index < -0.39 is 98.5 Å². The van der Waals surface area contributed by atoms with Gasteiger partial charge in [0.25, 0.3) is 0 Å². The molecule has 2 saturated heterocycles. The summed E-state index contributed by atoms with van der Waals surface area (Å²) in [5.74, 6) is -2.13. The van der Waals surface area contributed by atoms with E-state index in [0.29, 0.717) is 0 Å². The molecule has 4 rings (SSSR count). The lowest BCUT2D eigenvalue weighted by Gasteiger charge is -2.39. The normalized spacial score (nSPS) is 32.6. The summed E-state index contributed by atoms with van der Waals surface area (Å²) in [7, 11) is 1.16. The van der Waals surface area contributed by atoms with E-state index in [9.17, 15) is 50.8 Å². The van der Waals surface area contributed by atoms with Crippen LogP contribution in [0.3, 0.4) is 0 Å². The second-order valence-electron chi connectivity index (χ2n) is 9.81. The van der Waals surface area contributed by atoms with Crippen LogP contribution in [0, 0.1) is 0 Å². The molecule has 9 N–H and O–H groups in total. The SMILES string of the molecule is COc1c(O[C@@H]2O[C@@H](CO)[C@@H](O)[C@@H](O)[C@@H]2O)ccc(O)c1C(=O)OCc1ccccc1O[C@@H]1O[C@H](CO)[C@@H](O)[C@H](O)[C@H]1O. The van der Waals surface area contributed by atoms with E-state index in [-0.39, 0.29) is 22.8 Å². The second-order valence-corrected chi connectivity index (χ2v) is 9.81. The van der Waals surface area contributed by atoms with Gasteiger partial charge in [0, 0.05) is 5.56 Å². The lowest BCUT2D eigenvalue weighted by Crippen LogP contribution is -2.60. The number of hydrogen-bond acceptors (Lipinski definition) is 16.